The third-order valence-electron chi connectivity index (χ3n) is 13.6. The van der Waals surface area contributed by atoms with Crippen LogP contribution in [-0.2, 0) is 5.41 Å². The maximum absolute atomic E-state index is 2.55. The maximum atomic E-state index is 2.55. The highest BCUT2D eigenvalue weighted by atomic mass is 15.2. The molecular weight excluding hydrogens is 763 g/mol. The molecule has 12 rings (SSSR count). The summed E-state index contributed by atoms with van der Waals surface area (Å²) in [6, 6.07) is 72.3. The van der Waals surface area contributed by atoms with E-state index in [9.17, 15) is 0 Å². The zero-order valence-electron chi connectivity index (χ0n) is 35.9. The van der Waals surface area contributed by atoms with Gasteiger partial charge in [-0.15, -0.1) is 0 Å². The van der Waals surface area contributed by atoms with Gasteiger partial charge >= 0.3 is 0 Å². The molecule has 0 aliphatic heterocycles. The molecule has 3 nitrogen and oxygen atoms in total. The fourth-order valence-electron chi connectivity index (χ4n) is 11.0. The second kappa shape index (κ2) is 14.5. The van der Waals surface area contributed by atoms with E-state index in [0.29, 0.717) is 0 Å². The molecule has 10 aromatic rings. The van der Waals surface area contributed by atoms with E-state index in [-0.39, 0.29) is 5.41 Å². The number of allylic oxidation sites excluding steroid dienone is 2. The Bertz CT molecular complexity index is 3420. The molecule has 2 aliphatic carbocycles. The molecular formula is C60H47N3. The van der Waals surface area contributed by atoms with Crippen LogP contribution in [0.25, 0.3) is 49.4 Å². The molecule has 1 aromatic heterocycles. The number of hydrogen-bond donors (Lipinski definition) is 0. The first kappa shape index (κ1) is 37.2. The molecule has 0 N–H and O–H groups in total. The van der Waals surface area contributed by atoms with Crippen LogP contribution in [0.2, 0.25) is 0 Å². The number of para-hydroxylation sites is 4. The van der Waals surface area contributed by atoms with Gasteiger partial charge < -0.3 is 14.4 Å². The lowest BCUT2D eigenvalue weighted by Crippen LogP contribution is -2.22. The van der Waals surface area contributed by atoms with Crippen LogP contribution in [0.4, 0.5) is 34.1 Å². The lowest BCUT2D eigenvalue weighted by atomic mass is 9.75. The van der Waals surface area contributed by atoms with Gasteiger partial charge in [-0.3, -0.25) is 0 Å². The Hall–Kier alpha value is -7.62. The van der Waals surface area contributed by atoms with Crippen molar-refractivity contribution < 1.29 is 0 Å². The topological polar surface area (TPSA) is 11.4 Å². The van der Waals surface area contributed by atoms with Crippen molar-refractivity contribution in [2.45, 2.75) is 39.0 Å². The minimum absolute atomic E-state index is 0.213. The third-order valence-corrected chi connectivity index (χ3v) is 13.6. The summed E-state index contributed by atoms with van der Waals surface area (Å²) in [6.45, 7) is 6.59. The Morgan fingerprint density at radius 3 is 1.75 bits per heavy atom. The average molecular weight is 810 g/mol. The summed E-state index contributed by atoms with van der Waals surface area (Å²) < 4.78 is 2.47. The second-order valence-corrected chi connectivity index (χ2v) is 17.6. The standard InChI is InChI=1S/C60H47N3/c1-40-18-16-23-45(35-40)63-55-28-13-12-25-49(55)51-27-17-29-56(59(51)63)61(43-19-6-4-7-20-43)46-30-31-52-53(38-46)60(32-14-15-33-60)54-39-57(48-24-10-11-26-50(48)58(52)54)62(44-21-8-5-9-22-44)47-36-41(2)34-42(3)37-47/h4-31,34-39H,32-33H2,1-3H3. The van der Waals surface area contributed by atoms with Crippen LogP contribution < -0.4 is 9.80 Å². The van der Waals surface area contributed by atoms with Gasteiger partial charge in [0.2, 0.25) is 0 Å². The van der Waals surface area contributed by atoms with Gasteiger partial charge in [-0.25, -0.2) is 0 Å². The van der Waals surface area contributed by atoms with Gasteiger partial charge in [0.15, 0.2) is 0 Å². The molecule has 0 bridgehead atoms. The normalized spacial score (nSPS) is 13.6. The van der Waals surface area contributed by atoms with Gasteiger partial charge in [-0.05, 0) is 157 Å². The first-order chi connectivity index (χ1) is 31.0. The van der Waals surface area contributed by atoms with Crippen molar-refractivity contribution in [1.29, 1.82) is 0 Å². The molecule has 0 radical (unpaired) electrons. The quantitative estimate of drug-likeness (QED) is 0.149. The number of aryl methyl sites for hydroxylation is 3. The molecule has 9 aromatic carbocycles. The molecule has 3 heteroatoms. The largest absolute Gasteiger partial charge is 0.310 e. The molecule has 63 heavy (non-hydrogen) atoms. The Balaban J connectivity index is 1.11. The van der Waals surface area contributed by atoms with Gasteiger partial charge in [0.05, 0.1) is 22.4 Å². The molecule has 0 amide bonds. The molecule has 1 heterocycles. The minimum atomic E-state index is -0.213. The lowest BCUT2D eigenvalue weighted by Gasteiger charge is -2.32. The molecule has 2 aliphatic rings. The van der Waals surface area contributed by atoms with E-state index in [0.717, 1.165) is 41.3 Å². The highest BCUT2D eigenvalue weighted by Gasteiger charge is 2.45. The molecule has 0 saturated heterocycles. The Labute approximate surface area is 369 Å². The van der Waals surface area contributed by atoms with Crippen LogP contribution in [-0.4, -0.2) is 4.57 Å². The predicted octanol–water partition coefficient (Wildman–Crippen LogP) is 16.4. The van der Waals surface area contributed by atoms with Gasteiger partial charge in [-0.1, -0.05) is 127 Å². The maximum Gasteiger partial charge on any atom is 0.0782 e. The molecule has 302 valence electrons. The predicted molar refractivity (Wildman–Crippen MR) is 266 cm³/mol. The van der Waals surface area contributed by atoms with Gasteiger partial charge in [0.25, 0.3) is 0 Å². The summed E-state index contributed by atoms with van der Waals surface area (Å²) in [5.74, 6) is 0. The van der Waals surface area contributed by atoms with Crippen LogP contribution in [0.15, 0.2) is 206 Å². The Morgan fingerprint density at radius 1 is 0.413 bits per heavy atom. The first-order valence-electron chi connectivity index (χ1n) is 22.2. The zero-order valence-corrected chi connectivity index (χ0v) is 35.9. The number of anilines is 6. The SMILES string of the molecule is Cc1cc(C)cc(N(c2ccccc2)c2cc3c(c4ccccc24)-c2ccc(N(c4ccccc4)c4cccc5c6ccccc6n(-c6cccc(C)c6)c45)cc2C32CC=CC2)c1. The summed E-state index contributed by atoms with van der Waals surface area (Å²) in [7, 11) is 0. The third kappa shape index (κ3) is 5.80. The van der Waals surface area contributed by atoms with Crippen molar-refractivity contribution in [2.24, 2.45) is 0 Å². The van der Waals surface area contributed by atoms with Crippen LogP contribution >= 0.6 is 0 Å². The number of hydrogen-bond acceptors (Lipinski definition) is 2. The van der Waals surface area contributed by atoms with Gasteiger partial charge in [0, 0.05) is 50.0 Å². The smallest absolute Gasteiger partial charge is 0.0782 e. The van der Waals surface area contributed by atoms with Crippen molar-refractivity contribution in [2.75, 3.05) is 9.80 Å². The minimum Gasteiger partial charge on any atom is -0.310 e. The van der Waals surface area contributed by atoms with Gasteiger partial charge in [-0.2, -0.15) is 0 Å². The summed E-state index contributed by atoms with van der Waals surface area (Å²) in [6.07, 6.45) is 6.72. The Morgan fingerprint density at radius 2 is 1.03 bits per heavy atom. The first-order valence-corrected chi connectivity index (χ1v) is 22.2. The van der Waals surface area contributed by atoms with Crippen LogP contribution in [0, 0.1) is 20.8 Å². The molecule has 1 spiro atoms. The fraction of sp³-hybridized carbons (Fsp3) is 0.100. The Kier molecular flexibility index (Phi) is 8.55. The molecule has 0 fully saturated rings. The average Bonchev–Trinajstić information content (AvgIpc) is 4.01. The van der Waals surface area contributed by atoms with Crippen molar-refractivity contribution in [3.8, 4) is 16.8 Å². The fourth-order valence-corrected chi connectivity index (χ4v) is 11.0. The summed E-state index contributed by atoms with van der Waals surface area (Å²) in [5.41, 5.74) is 19.5. The number of nitrogens with zero attached hydrogens (tertiary/aromatic N) is 3. The van der Waals surface area contributed by atoms with Crippen LogP contribution in [0.1, 0.15) is 40.7 Å². The molecule has 0 saturated carbocycles. The number of benzene rings is 9. The summed E-state index contributed by atoms with van der Waals surface area (Å²) in [4.78, 5) is 4.98. The number of aromatic nitrogens is 1. The molecule has 0 atom stereocenters. The van der Waals surface area contributed by atoms with E-state index in [4.69, 9.17) is 0 Å². The van der Waals surface area contributed by atoms with E-state index >= 15 is 0 Å². The monoisotopic (exact) mass is 809 g/mol. The number of fused-ring (bicyclic) bond motifs is 10. The van der Waals surface area contributed by atoms with E-state index in [1.807, 2.05) is 0 Å². The summed E-state index contributed by atoms with van der Waals surface area (Å²) in [5, 5.41) is 5.03. The van der Waals surface area contributed by atoms with E-state index in [1.54, 1.807) is 0 Å². The van der Waals surface area contributed by atoms with Crippen LogP contribution in [0.3, 0.4) is 0 Å². The number of rotatable bonds is 7. The van der Waals surface area contributed by atoms with Crippen molar-refractivity contribution in [3.05, 3.63) is 234 Å². The van der Waals surface area contributed by atoms with Gasteiger partial charge in [0.1, 0.15) is 0 Å². The van der Waals surface area contributed by atoms with E-state index in [2.05, 4.69) is 241 Å². The second-order valence-electron chi connectivity index (χ2n) is 17.6. The van der Waals surface area contributed by atoms with E-state index in [1.165, 1.54) is 82.9 Å². The van der Waals surface area contributed by atoms with Crippen molar-refractivity contribution in [1.82, 2.24) is 4.57 Å². The highest BCUT2D eigenvalue weighted by molar-refractivity contribution is 6.15. The summed E-state index contributed by atoms with van der Waals surface area (Å²) >= 11 is 0. The lowest BCUT2D eigenvalue weighted by molar-refractivity contribution is 0.573. The highest BCUT2D eigenvalue weighted by Crippen LogP contribution is 2.60. The van der Waals surface area contributed by atoms with Crippen LogP contribution in [0.5, 0.6) is 0 Å². The zero-order chi connectivity index (χ0) is 42.2. The van der Waals surface area contributed by atoms with Crippen molar-refractivity contribution >= 4 is 66.7 Å². The molecule has 0 unspecified atom stereocenters. The van der Waals surface area contributed by atoms with Crippen molar-refractivity contribution in [3.63, 3.8) is 0 Å². The van der Waals surface area contributed by atoms with E-state index < -0.39 is 0 Å².